The number of carbonyl (C=O) groups is 2. The highest BCUT2D eigenvalue weighted by atomic mass is 16.7. The Labute approximate surface area is 328 Å². The zero-order valence-corrected chi connectivity index (χ0v) is 33.8. The molecule has 0 unspecified atom stereocenters. The zero-order valence-electron chi connectivity index (χ0n) is 33.8. The minimum Gasteiger partial charge on any atom is -0.367 e. The summed E-state index contributed by atoms with van der Waals surface area (Å²) >= 11 is 0. The first kappa shape index (κ1) is 43.9. The van der Waals surface area contributed by atoms with Crippen LogP contribution in [0.4, 0.5) is 0 Å². The molecule has 0 bridgehead atoms. The zero-order chi connectivity index (χ0) is 37.7. The fourth-order valence-corrected chi connectivity index (χ4v) is 8.29. The Morgan fingerprint density at radius 1 is 0.463 bits per heavy atom. The van der Waals surface area contributed by atoms with Crippen LogP contribution in [0.2, 0.25) is 0 Å². The molecule has 8 nitrogen and oxygen atoms in total. The Morgan fingerprint density at radius 3 is 1.00 bits per heavy atom. The summed E-state index contributed by atoms with van der Waals surface area (Å²) in [4.78, 5) is 48.2. The van der Waals surface area contributed by atoms with Crippen LogP contribution in [0.25, 0.3) is 0 Å². The van der Waals surface area contributed by atoms with E-state index in [9.17, 15) is 9.59 Å². The van der Waals surface area contributed by atoms with Crippen LogP contribution >= 0.6 is 0 Å². The van der Waals surface area contributed by atoms with Crippen molar-refractivity contribution >= 4 is 11.9 Å². The molecule has 0 saturated heterocycles. The van der Waals surface area contributed by atoms with Crippen LogP contribution in [-0.4, -0.2) is 44.1 Å². The highest BCUT2D eigenvalue weighted by molar-refractivity contribution is 5.77. The molecule has 0 N–H and O–H groups in total. The monoisotopic (exact) mass is 747 g/mol. The SMILES string of the molecule is O=C(CCC(=O)ON(Cc1cccnc1)C1CCCCCCCCCCCCCC1)ON(Cc1cccnc1)C1CCCCCCCCCCCCCC1. The average Bonchev–Trinajstić information content (AvgIpc) is 3.20. The predicted molar refractivity (Wildman–Crippen MR) is 218 cm³/mol. The average molecular weight is 747 g/mol. The van der Waals surface area contributed by atoms with Gasteiger partial charge in [-0.15, -0.1) is 10.1 Å². The highest BCUT2D eigenvalue weighted by Crippen LogP contribution is 2.25. The van der Waals surface area contributed by atoms with E-state index in [1.807, 2.05) is 46.8 Å². The molecule has 0 aliphatic heterocycles. The summed E-state index contributed by atoms with van der Waals surface area (Å²) in [7, 11) is 0. The molecule has 2 saturated carbocycles. The topological polar surface area (TPSA) is 84.9 Å². The Morgan fingerprint density at radius 2 is 0.741 bits per heavy atom. The summed E-state index contributed by atoms with van der Waals surface area (Å²) in [5.74, 6) is -0.751. The van der Waals surface area contributed by atoms with Crippen molar-refractivity contribution < 1.29 is 19.3 Å². The van der Waals surface area contributed by atoms with Crippen molar-refractivity contribution in [2.24, 2.45) is 0 Å². The van der Waals surface area contributed by atoms with Crippen molar-refractivity contribution in [1.82, 2.24) is 20.1 Å². The van der Waals surface area contributed by atoms with Gasteiger partial charge in [0, 0.05) is 36.9 Å². The van der Waals surface area contributed by atoms with Crippen molar-refractivity contribution in [3.63, 3.8) is 0 Å². The Kier molecular flexibility index (Phi) is 23.2. The molecule has 2 heterocycles. The predicted octanol–water partition coefficient (Wildman–Crippen LogP) is 12.2. The molecule has 4 rings (SSSR count). The van der Waals surface area contributed by atoms with Gasteiger partial charge in [-0.3, -0.25) is 19.6 Å². The van der Waals surface area contributed by atoms with Crippen LogP contribution in [0.15, 0.2) is 49.1 Å². The maximum Gasteiger partial charge on any atom is 0.325 e. The van der Waals surface area contributed by atoms with Crippen LogP contribution in [0.5, 0.6) is 0 Å². The van der Waals surface area contributed by atoms with E-state index < -0.39 is 0 Å². The van der Waals surface area contributed by atoms with Crippen molar-refractivity contribution in [3.8, 4) is 0 Å². The molecule has 0 atom stereocenters. The molecular weight excluding hydrogens is 673 g/mol. The first-order valence-electron chi connectivity index (χ1n) is 22.4. The highest BCUT2D eigenvalue weighted by Gasteiger charge is 2.26. The number of hydrogen-bond donors (Lipinski definition) is 0. The van der Waals surface area contributed by atoms with Crippen LogP contribution in [0.3, 0.4) is 0 Å². The Hall–Kier alpha value is -2.84. The van der Waals surface area contributed by atoms with Crippen LogP contribution in [-0.2, 0) is 32.4 Å². The van der Waals surface area contributed by atoms with E-state index >= 15 is 0 Å². The lowest BCUT2D eigenvalue weighted by atomic mass is 10.00. The molecule has 0 radical (unpaired) electrons. The lowest BCUT2D eigenvalue weighted by Gasteiger charge is -2.31. The molecule has 302 valence electrons. The Balaban J connectivity index is 1.38. The van der Waals surface area contributed by atoms with Crippen LogP contribution in [0.1, 0.15) is 204 Å². The molecule has 0 amide bonds. The molecule has 0 spiro atoms. The first-order chi connectivity index (χ1) is 26.7. The fourth-order valence-electron chi connectivity index (χ4n) is 8.29. The van der Waals surface area contributed by atoms with Gasteiger partial charge in [0.25, 0.3) is 0 Å². The molecule has 2 aliphatic rings. The summed E-state index contributed by atoms with van der Waals surface area (Å²) < 4.78 is 0. The molecule has 0 aromatic carbocycles. The third kappa shape index (κ3) is 19.7. The molecular formula is C46H74N4O4. The molecule has 2 aromatic rings. The fraction of sp³-hybridized carbons (Fsp3) is 0.739. The second-order valence-electron chi connectivity index (χ2n) is 16.2. The van der Waals surface area contributed by atoms with E-state index in [4.69, 9.17) is 9.68 Å². The second-order valence-corrected chi connectivity index (χ2v) is 16.2. The van der Waals surface area contributed by atoms with Crippen molar-refractivity contribution in [2.45, 2.75) is 218 Å². The van der Waals surface area contributed by atoms with E-state index in [-0.39, 0.29) is 36.9 Å². The summed E-state index contributed by atoms with van der Waals surface area (Å²) in [6, 6.07) is 8.24. The molecule has 2 aliphatic carbocycles. The van der Waals surface area contributed by atoms with Crippen molar-refractivity contribution in [3.05, 3.63) is 60.2 Å². The molecule has 2 fully saturated rings. The van der Waals surface area contributed by atoms with Gasteiger partial charge < -0.3 is 9.68 Å². The lowest BCUT2D eigenvalue weighted by molar-refractivity contribution is -0.214. The maximum atomic E-state index is 13.6. The Bertz CT molecular complexity index is 1100. The van der Waals surface area contributed by atoms with Crippen molar-refractivity contribution in [1.29, 1.82) is 0 Å². The quantitative estimate of drug-likeness (QED) is 0.210. The summed E-state index contributed by atoms with van der Waals surface area (Å²) in [5, 5.41) is 3.82. The maximum absolute atomic E-state index is 13.6. The van der Waals surface area contributed by atoms with Gasteiger partial charge in [-0.1, -0.05) is 166 Å². The molecule has 2 aromatic heterocycles. The number of rotatable bonds is 11. The number of hydrogen-bond acceptors (Lipinski definition) is 8. The van der Waals surface area contributed by atoms with Gasteiger partial charge in [0.1, 0.15) is 0 Å². The van der Waals surface area contributed by atoms with Crippen LogP contribution in [0, 0.1) is 0 Å². The van der Waals surface area contributed by atoms with Gasteiger partial charge in [0.15, 0.2) is 0 Å². The third-order valence-corrected chi connectivity index (χ3v) is 11.6. The summed E-state index contributed by atoms with van der Waals surface area (Å²) in [6.45, 7) is 0.991. The lowest BCUT2D eigenvalue weighted by Crippen LogP contribution is -2.38. The number of nitrogens with zero attached hydrogens (tertiary/aromatic N) is 4. The van der Waals surface area contributed by atoms with Gasteiger partial charge in [-0.2, -0.15) is 0 Å². The summed E-state index contributed by atoms with van der Waals surface area (Å²) in [5.41, 5.74) is 2.04. The molecule has 54 heavy (non-hydrogen) atoms. The standard InChI is InChI=1S/C46H74N4O4/c51-45(53-49(39-41-27-25-35-47-37-41)43-29-21-17-13-9-5-1-2-6-10-14-18-22-30-43)33-34-46(52)54-50(40-42-28-26-36-48-38-42)44-31-23-19-15-11-7-3-4-8-12-16-20-24-32-44/h25-28,35-38,43-44H,1-24,29-34,39-40H2. The summed E-state index contributed by atoms with van der Waals surface area (Å²) in [6.07, 6.45) is 41.8. The molecule has 8 heteroatoms. The minimum atomic E-state index is -0.376. The van der Waals surface area contributed by atoms with Gasteiger partial charge >= 0.3 is 11.9 Å². The first-order valence-corrected chi connectivity index (χ1v) is 22.4. The van der Waals surface area contributed by atoms with Gasteiger partial charge in [0.2, 0.25) is 0 Å². The van der Waals surface area contributed by atoms with E-state index in [2.05, 4.69) is 9.97 Å². The van der Waals surface area contributed by atoms with Gasteiger partial charge in [-0.25, -0.2) is 0 Å². The third-order valence-electron chi connectivity index (χ3n) is 11.6. The minimum absolute atomic E-state index is 0.0134. The number of carbonyl (C=O) groups excluding carboxylic acids is 2. The van der Waals surface area contributed by atoms with E-state index in [0.29, 0.717) is 13.1 Å². The van der Waals surface area contributed by atoms with Gasteiger partial charge in [0.05, 0.1) is 25.9 Å². The van der Waals surface area contributed by atoms with Crippen LogP contribution < -0.4 is 0 Å². The van der Waals surface area contributed by atoms with Crippen molar-refractivity contribution in [2.75, 3.05) is 0 Å². The van der Waals surface area contributed by atoms with E-state index in [1.165, 1.54) is 128 Å². The second kappa shape index (κ2) is 28.6. The van der Waals surface area contributed by atoms with E-state index in [0.717, 1.165) is 62.5 Å². The number of pyridine rings is 2. The van der Waals surface area contributed by atoms with Gasteiger partial charge in [-0.05, 0) is 48.9 Å². The number of aromatic nitrogens is 2. The smallest absolute Gasteiger partial charge is 0.325 e. The normalized spacial score (nSPS) is 19.5. The number of hydroxylamine groups is 4. The largest absolute Gasteiger partial charge is 0.367 e. The van der Waals surface area contributed by atoms with E-state index in [1.54, 1.807) is 12.4 Å².